The first kappa shape index (κ1) is 22.9. The molecule has 1 unspecified atom stereocenters. The Hall–Kier alpha value is -0.920. The van der Waals surface area contributed by atoms with Crippen molar-refractivity contribution in [1.29, 1.82) is 0 Å². The Morgan fingerprint density at radius 3 is 2.25 bits per heavy atom. The van der Waals surface area contributed by atoms with Crippen molar-refractivity contribution < 1.29 is 9.59 Å². The van der Waals surface area contributed by atoms with E-state index in [1.807, 2.05) is 0 Å². The fraction of sp³-hybridized carbons (Fsp3) is 0.867. The smallest absolute Gasteiger partial charge is 0.138 e. The van der Waals surface area contributed by atoms with Crippen LogP contribution in [0.2, 0.25) is 0 Å². The molecule has 0 heterocycles. The predicted molar refractivity (Wildman–Crippen MR) is 130 cm³/mol. The first-order valence-electron chi connectivity index (χ1n) is 13.5. The molecule has 32 heavy (non-hydrogen) atoms. The van der Waals surface area contributed by atoms with E-state index in [-0.39, 0.29) is 21.7 Å². The molecule has 0 aromatic heterocycles. The molecule has 0 amide bonds. The van der Waals surface area contributed by atoms with E-state index in [2.05, 4.69) is 48.1 Å². The lowest BCUT2D eigenvalue weighted by Gasteiger charge is -2.72. The maximum absolute atomic E-state index is 12.9. The molecular weight excluding hydrogens is 392 g/mol. The first-order valence-corrected chi connectivity index (χ1v) is 13.5. The number of Topliss-reactive ketones (excluding diaryl/α,β-unsaturated/α-hetero) is 1. The molecule has 9 atom stereocenters. The third kappa shape index (κ3) is 2.54. The third-order valence-electron chi connectivity index (χ3n) is 13.1. The molecule has 0 aliphatic heterocycles. The number of carbonyl (C=O) groups is 2. The van der Waals surface area contributed by atoms with Crippen LogP contribution in [-0.2, 0) is 9.59 Å². The second-order valence-electron chi connectivity index (χ2n) is 14.2. The van der Waals surface area contributed by atoms with Gasteiger partial charge in [0, 0.05) is 17.3 Å². The SMILES string of the molecule is C=C(C)[C@@H]1CC[C@]2(C=O)CC[C@]3(C)[C@H](CC[C@@H]4[C@@]5(C)CCC(=O)C(C)(C)[C@@H]5CC[C@]43C)C12. The van der Waals surface area contributed by atoms with Crippen LogP contribution in [0.3, 0.4) is 0 Å². The number of hydrogen-bond acceptors (Lipinski definition) is 2. The van der Waals surface area contributed by atoms with Crippen LogP contribution >= 0.6 is 0 Å². The molecule has 2 heteroatoms. The highest BCUT2D eigenvalue weighted by Crippen LogP contribution is 2.77. The van der Waals surface area contributed by atoms with Crippen LogP contribution in [0.4, 0.5) is 0 Å². The predicted octanol–water partition coefficient (Wildman–Crippen LogP) is 7.41. The molecule has 0 radical (unpaired) electrons. The summed E-state index contributed by atoms with van der Waals surface area (Å²) in [6.07, 6.45) is 12.7. The lowest BCUT2D eigenvalue weighted by atomic mass is 9.32. The van der Waals surface area contributed by atoms with Gasteiger partial charge in [0.25, 0.3) is 0 Å². The number of carbonyl (C=O) groups excluding carboxylic acids is 2. The van der Waals surface area contributed by atoms with E-state index >= 15 is 0 Å². The van der Waals surface area contributed by atoms with E-state index in [0.29, 0.717) is 40.8 Å². The molecule has 178 valence electrons. The molecule has 5 aliphatic rings. The van der Waals surface area contributed by atoms with Crippen LogP contribution in [0, 0.1) is 56.7 Å². The van der Waals surface area contributed by atoms with Crippen molar-refractivity contribution in [3.63, 3.8) is 0 Å². The third-order valence-corrected chi connectivity index (χ3v) is 13.1. The van der Waals surface area contributed by atoms with Crippen LogP contribution in [0.1, 0.15) is 106 Å². The van der Waals surface area contributed by atoms with Gasteiger partial charge in [0.05, 0.1) is 0 Å². The molecule has 0 bridgehead atoms. The molecule has 5 aliphatic carbocycles. The van der Waals surface area contributed by atoms with Gasteiger partial charge in [-0.15, -0.1) is 0 Å². The van der Waals surface area contributed by atoms with Crippen molar-refractivity contribution in [2.45, 2.75) is 106 Å². The second-order valence-corrected chi connectivity index (χ2v) is 14.2. The van der Waals surface area contributed by atoms with Gasteiger partial charge in [-0.3, -0.25) is 4.79 Å². The van der Waals surface area contributed by atoms with Gasteiger partial charge in [-0.05, 0) is 111 Å². The molecular formula is C30H46O2. The summed E-state index contributed by atoms with van der Waals surface area (Å²) in [4.78, 5) is 25.4. The van der Waals surface area contributed by atoms with Crippen molar-refractivity contribution in [1.82, 2.24) is 0 Å². The van der Waals surface area contributed by atoms with Gasteiger partial charge >= 0.3 is 0 Å². The van der Waals surface area contributed by atoms with Gasteiger partial charge in [0.1, 0.15) is 12.1 Å². The second kappa shape index (κ2) is 6.82. The van der Waals surface area contributed by atoms with Gasteiger partial charge in [-0.1, -0.05) is 46.8 Å². The fourth-order valence-corrected chi connectivity index (χ4v) is 11.2. The van der Waals surface area contributed by atoms with Crippen molar-refractivity contribution in [2.75, 3.05) is 0 Å². The Kier molecular flexibility index (Phi) is 4.87. The summed E-state index contributed by atoms with van der Waals surface area (Å²) in [7, 11) is 0. The summed E-state index contributed by atoms with van der Waals surface area (Å²) in [5.41, 5.74) is 1.87. The summed E-state index contributed by atoms with van der Waals surface area (Å²) in [5.74, 6) is 3.34. The summed E-state index contributed by atoms with van der Waals surface area (Å²) in [5, 5.41) is 0. The summed E-state index contributed by atoms with van der Waals surface area (Å²) in [6, 6.07) is 0. The summed E-state index contributed by atoms with van der Waals surface area (Å²) in [6.45, 7) is 18.9. The van der Waals surface area contributed by atoms with Crippen LogP contribution < -0.4 is 0 Å². The van der Waals surface area contributed by atoms with Gasteiger partial charge < -0.3 is 4.79 Å². The fourth-order valence-electron chi connectivity index (χ4n) is 11.2. The molecule has 0 aromatic carbocycles. The molecule has 5 saturated carbocycles. The van der Waals surface area contributed by atoms with Crippen molar-refractivity contribution in [3.8, 4) is 0 Å². The Labute approximate surface area is 196 Å². The number of hydrogen-bond donors (Lipinski definition) is 0. The van der Waals surface area contributed by atoms with Crippen molar-refractivity contribution >= 4 is 12.1 Å². The molecule has 2 nitrogen and oxygen atoms in total. The van der Waals surface area contributed by atoms with Gasteiger partial charge in [0.2, 0.25) is 0 Å². The average molecular weight is 439 g/mol. The number of allylic oxidation sites excluding steroid dienone is 1. The average Bonchev–Trinajstić information content (AvgIpc) is 3.12. The van der Waals surface area contributed by atoms with Crippen LogP contribution in [0.5, 0.6) is 0 Å². The summed E-state index contributed by atoms with van der Waals surface area (Å²) >= 11 is 0. The molecule has 0 aromatic rings. The molecule has 0 spiro atoms. The standard InChI is InChI=1S/C30H46O2/c1-19(2)20-10-15-30(18-31)17-16-28(6)21(25(20)30)8-9-23-27(5)13-12-24(32)26(3,4)22(27)11-14-29(23,28)7/h18,20-23,25H,1,8-17H2,2-7H3/t20-,21+,22-,23+,25?,27-,28+,29+,30+/m0/s1. The quantitative estimate of drug-likeness (QED) is 0.332. The normalized spacial score (nSPS) is 54.1. The molecule has 5 fully saturated rings. The van der Waals surface area contributed by atoms with Crippen LogP contribution in [0.25, 0.3) is 0 Å². The lowest BCUT2D eigenvalue weighted by Crippen LogP contribution is -2.66. The molecule has 0 saturated heterocycles. The minimum atomic E-state index is -0.179. The van der Waals surface area contributed by atoms with E-state index in [0.717, 1.165) is 32.1 Å². The Morgan fingerprint density at radius 2 is 1.59 bits per heavy atom. The highest BCUT2D eigenvalue weighted by molar-refractivity contribution is 5.85. The van der Waals surface area contributed by atoms with E-state index in [1.54, 1.807) is 0 Å². The highest BCUT2D eigenvalue weighted by Gasteiger charge is 2.70. The van der Waals surface area contributed by atoms with E-state index in [1.165, 1.54) is 44.0 Å². The zero-order valence-electron chi connectivity index (χ0n) is 21.6. The maximum atomic E-state index is 12.9. The zero-order chi connectivity index (χ0) is 23.3. The highest BCUT2D eigenvalue weighted by atomic mass is 16.1. The number of fused-ring (bicyclic) bond motifs is 7. The first-order chi connectivity index (χ1) is 14.9. The monoisotopic (exact) mass is 438 g/mol. The number of rotatable bonds is 2. The summed E-state index contributed by atoms with van der Waals surface area (Å²) < 4.78 is 0. The topological polar surface area (TPSA) is 34.1 Å². The zero-order valence-corrected chi connectivity index (χ0v) is 21.6. The van der Waals surface area contributed by atoms with Crippen LogP contribution in [-0.4, -0.2) is 12.1 Å². The Bertz CT molecular complexity index is 855. The Balaban J connectivity index is 1.56. The largest absolute Gasteiger partial charge is 0.303 e. The van der Waals surface area contributed by atoms with Crippen molar-refractivity contribution in [2.24, 2.45) is 56.7 Å². The van der Waals surface area contributed by atoms with Crippen LogP contribution in [0.15, 0.2) is 12.2 Å². The van der Waals surface area contributed by atoms with E-state index in [4.69, 9.17) is 0 Å². The van der Waals surface area contributed by atoms with E-state index in [9.17, 15) is 9.59 Å². The number of ketones is 1. The minimum absolute atomic E-state index is 0.0999. The van der Waals surface area contributed by atoms with Gasteiger partial charge in [-0.2, -0.15) is 0 Å². The van der Waals surface area contributed by atoms with Gasteiger partial charge in [0.15, 0.2) is 0 Å². The lowest BCUT2D eigenvalue weighted by molar-refractivity contribution is -0.231. The molecule has 5 rings (SSSR count). The maximum Gasteiger partial charge on any atom is 0.138 e. The van der Waals surface area contributed by atoms with E-state index < -0.39 is 0 Å². The molecule has 0 N–H and O–H groups in total. The minimum Gasteiger partial charge on any atom is -0.303 e. The van der Waals surface area contributed by atoms with Gasteiger partial charge in [-0.25, -0.2) is 0 Å². The Morgan fingerprint density at radius 1 is 0.875 bits per heavy atom. The number of aldehydes is 1. The van der Waals surface area contributed by atoms with Crippen molar-refractivity contribution in [3.05, 3.63) is 12.2 Å².